The van der Waals surface area contributed by atoms with Crippen molar-refractivity contribution in [3.05, 3.63) is 39.4 Å². The van der Waals surface area contributed by atoms with Crippen molar-refractivity contribution in [2.45, 2.75) is 26.8 Å². The van der Waals surface area contributed by atoms with E-state index in [2.05, 4.69) is 10.0 Å². The smallest absolute Gasteiger partial charge is 0.272 e. The second-order valence-electron chi connectivity index (χ2n) is 4.80. The Kier molecular flexibility index (Phi) is 6.25. The third-order valence-electron chi connectivity index (χ3n) is 3.12. The minimum absolute atomic E-state index is 0.0286. The Morgan fingerprint density at radius 3 is 2.62 bits per heavy atom. The Labute approximate surface area is 124 Å². The molecule has 0 aliphatic rings. The quantitative estimate of drug-likeness (QED) is 0.559. The molecule has 0 fully saturated rings. The van der Waals surface area contributed by atoms with Gasteiger partial charge in [0.15, 0.2) is 0 Å². The number of rotatable bonds is 8. The first-order chi connectivity index (χ1) is 9.76. The molecular formula is C13H21N3O4S. The fraction of sp³-hybridized carbons (Fsp3) is 0.538. The highest BCUT2D eigenvalue weighted by molar-refractivity contribution is 7.89. The molecule has 0 heterocycles. The summed E-state index contributed by atoms with van der Waals surface area (Å²) >= 11 is 0. The van der Waals surface area contributed by atoms with Crippen molar-refractivity contribution in [1.29, 1.82) is 0 Å². The van der Waals surface area contributed by atoms with Crippen LogP contribution >= 0.6 is 0 Å². The molecule has 0 spiro atoms. The second-order valence-corrected chi connectivity index (χ2v) is 6.72. The lowest BCUT2D eigenvalue weighted by Gasteiger charge is -2.14. The fourth-order valence-corrected chi connectivity index (χ4v) is 2.88. The summed E-state index contributed by atoms with van der Waals surface area (Å²) in [6.45, 7) is 5.89. The molecule has 1 aromatic carbocycles. The van der Waals surface area contributed by atoms with Gasteiger partial charge in [-0.3, -0.25) is 10.1 Å². The van der Waals surface area contributed by atoms with Crippen LogP contribution in [0.5, 0.6) is 0 Å². The van der Waals surface area contributed by atoms with Crippen LogP contribution in [0.15, 0.2) is 18.2 Å². The first-order valence-electron chi connectivity index (χ1n) is 6.72. The monoisotopic (exact) mass is 315 g/mol. The highest BCUT2D eigenvalue weighted by Crippen LogP contribution is 2.22. The van der Waals surface area contributed by atoms with E-state index in [0.29, 0.717) is 12.1 Å². The minimum Gasteiger partial charge on any atom is -0.309 e. The van der Waals surface area contributed by atoms with Crippen LogP contribution in [0.4, 0.5) is 5.69 Å². The lowest BCUT2D eigenvalue weighted by atomic mass is 10.0. The predicted molar refractivity (Wildman–Crippen MR) is 81.7 cm³/mol. The number of nitrogens with zero attached hydrogens (tertiary/aromatic N) is 1. The lowest BCUT2D eigenvalue weighted by Crippen LogP contribution is -2.32. The van der Waals surface area contributed by atoms with Crippen LogP contribution in [0.3, 0.4) is 0 Å². The number of benzene rings is 1. The molecule has 0 bridgehead atoms. The summed E-state index contributed by atoms with van der Waals surface area (Å²) < 4.78 is 25.4. The number of nitrogens with one attached hydrogen (secondary N) is 2. The van der Waals surface area contributed by atoms with Crippen LogP contribution in [0.2, 0.25) is 0 Å². The normalized spacial score (nSPS) is 13.1. The molecule has 8 heteroatoms. The van der Waals surface area contributed by atoms with Gasteiger partial charge in [0.1, 0.15) is 0 Å². The molecule has 21 heavy (non-hydrogen) atoms. The Bertz CT molecular complexity index is 601. The highest BCUT2D eigenvalue weighted by atomic mass is 32.2. The maximum Gasteiger partial charge on any atom is 0.272 e. The van der Waals surface area contributed by atoms with Crippen LogP contribution in [-0.2, 0) is 10.0 Å². The summed E-state index contributed by atoms with van der Waals surface area (Å²) in [5.41, 5.74) is 1.43. The van der Waals surface area contributed by atoms with Crippen molar-refractivity contribution in [1.82, 2.24) is 10.0 Å². The van der Waals surface area contributed by atoms with Gasteiger partial charge in [-0.15, -0.1) is 0 Å². The molecule has 2 N–H and O–H groups in total. The van der Waals surface area contributed by atoms with Crippen molar-refractivity contribution in [3.63, 3.8) is 0 Å². The Morgan fingerprint density at radius 2 is 2.05 bits per heavy atom. The molecule has 0 aliphatic heterocycles. The zero-order valence-corrected chi connectivity index (χ0v) is 13.2. The number of sulfonamides is 1. The summed E-state index contributed by atoms with van der Waals surface area (Å²) in [7, 11) is -3.26. The van der Waals surface area contributed by atoms with E-state index in [-0.39, 0.29) is 24.0 Å². The summed E-state index contributed by atoms with van der Waals surface area (Å²) in [6.07, 6.45) is 0. The maximum absolute atomic E-state index is 11.5. The average Bonchev–Trinajstić information content (AvgIpc) is 2.38. The van der Waals surface area contributed by atoms with Crippen molar-refractivity contribution < 1.29 is 13.3 Å². The number of nitro groups is 1. The fourth-order valence-electron chi connectivity index (χ4n) is 1.91. The number of nitro benzene ring substituents is 1. The predicted octanol–water partition coefficient (Wildman–Crippen LogP) is 1.49. The molecule has 0 aromatic heterocycles. The average molecular weight is 315 g/mol. The largest absolute Gasteiger partial charge is 0.309 e. The highest BCUT2D eigenvalue weighted by Gasteiger charge is 2.15. The lowest BCUT2D eigenvalue weighted by molar-refractivity contribution is -0.385. The Hall–Kier alpha value is -1.51. The zero-order chi connectivity index (χ0) is 16.0. The first kappa shape index (κ1) is 17.5. The second kappa shape index (κ2) is 7.48. The van der Waals surface area contributed by atoms with Crippen molar-refractivity contribution in [3.8, 4) is 0 Å². The number of hydrogen-bond acceptors (Lipinski definition) is 5. The molecule has 118 valence electrons. The maximum atomic E-state index is 11.5. The molecule has 0 amide bonds. The van der Waals surface area contributed by atoms with E-state index in [0.717, 1.165) is 5.56 Å². The number of hydrogen-bond donors (Lipinski definition) is 2. The summed E-state index contributed by atoms with van der Waals surface area (Å²) in [6, 6.07) is 4.85. The van der Waals surface area contributed by atoms with E-state index in [9.17, 15) is 18.5 Å². The van der Waals surface area contributed by atoms with Crippen molar-refractivity contribution in [2.75, 3.05) is 18.8 Å². The molecule has 1 atom stereocenters. The third-order valence-corrected chi connectivity index (χ3v) is 4.59. The molecule has 0 saturated heterocycles. The van der Waals surface area contributed by atoms with Crippen LogP contribution in [0.25, 0.3) is 0 Å². The van der Waals surface area contributed by atoms with E-state index in [1.54, 1.807) is 26.0 Å². The van der Waals surface area contributed by atoms with Gasteiger partial charge in [-0.1, -0.05) is 19.1 Å². The molecule has 1 unspecified atom stereocenters. The SMILES string of the molecule is CCNS(=O)(=O)CCNC(C)c1ccc(C)c([N+](=O)[O-])c1. The molecule has 7 nitrogen and oxygen atoms in total. The molecule has 0 radical (unpaired) electrons. The van der Waals surface area contributed by atoms with Gasteiger partial charge in [-0.2, -0.15) is 0 Å². The van der Waals surface area contributed by atoms with Crippen LogP contribution < -0.4 is 10.0 Å². The molecule has 1 aromatic rings. The van der Waals surface area contributed by atoms with Gasteiger partial charge in [0.25, 0.3) is 5.69 Å². The van der Waals surface area contributed by atoms with E-state index in [1.807, 2.05) is 6.92 Å². The molecule has 1 rings (SSSR count). The van der Waals surface area contributed by atoms with Crippen molar-refractivity contribution in [2.24, 2.45) is 0 Å². The zero-order valence-electron chi connectivity index (χ0n) is 12.4. The van der Waals surface area contributed by atoms with Gasteiger partial charge in [0.05, 0.1) is 10.7 Å². The van der Waals surface area contributed by atoms with E-state index in [1.165, 1.54) is 6.07 Å². The van der Waals surface area contributed by atoms with E-state index < -0.39 is 14.9 Å². The topological polar surface area (TPSA) is 101 Å². The summed E-state index contributed by atoms with van der Waals surface area (Å²) in [4.78, 5) is 10.5. The van der Waals surface area contributed by atoms with Gasteiger partial charge in [0.2, 0.25) is 10.0 Å². The third kappa shape index (κ3) is 5.41. The summed E-state index contributed by atoms with van der Waals surface area (Å²) in [5, 5.41) is 14.0. The standard InChI is InChI=1S/C13H21N3O4S/c1-4-15-21(19,20)8-7-14-11(3)12-6-5-10(2)13(9-12)16(17)18/h5-6,9,11,14-15H,4,7-8H2,1-3H3. The van der Waals surface area contributed by atoms with Gasteiger partial charge < -0.3 is 5.32 Å². The van der Waals surface area contributed by atoms with Gasteiger partial charge in [-0.25, -0.2) is 13.1 Å². The number of aryl methyl sites for hydroxylation is 1. The molecule has 0 aliphatic carbocycles. The molecular weight excluding hydrogens is 294 g/mol. The first-order valence-corrected chi connectivity index (χ1v) is 8.37. The van der Waals surface area contributed by atoms with Crippen LogP contribution in [0.1, 0.15) is 31.0 Å². The Balaban J connectivity index is 2.66. The van der Waals surface area contributed by atoms with Gasteiger partial charge >= 0.3 is 0 Å². The van der Waals surface area contributed by atoms with Crippen molar-refractivity contribution >= 4 is 15.7 Å². The van der Waals surface area contributed by atoms with Crippen LogP contribution in [-0.4, -0.2) is 32.2 Å². The van der Waals surface area contributed by atoms with Crippen LogP contribution in [0, 0.1) is 17.0 Å². The molecule has 0 saturated carbocycles. The Morgan fingerprint density at radius 1 is 1.38 bits per heavy atom. The van der Waals surface area contributed by atoms with Gasteiger partial charge in [-0.05, 0) is 19.4 Å². The van der Waals surface area contributed by atoms with E-state index in [4.69, 9.17) is 0 Å². The van der Waals surface area contributed by atoms with Gasteiger partial charge in [0, 0.05) is 30.8 Å². The van der Waals surface area contributed by atoms with E-state index >= 15 is 0 Å². The minimum atomic E-state index is -3.26. The summed E-state index contributed by atoms with van der Waals surface area (Å²) in [5.74, 6) is -0.0286.